The van der Waals surface area contributed by atoms with Gasteiger partial charge in [-0.2, -0.15) is 10.4 Å². The third-order valence-corrected chi connectivity index (χ3v) is 4.30. The van der Waals surface area contributed by atoms with Gasteiger partial charge in [-0.05, 0) is 33.6 Å². The van der Waals surface area contributed by atoms with Crippen molar-refractivity contribution in [3.63, 3.8) is 0 Å². The van der Waals surface area contributed by atoms with Crippen molar-refractivity contribution >= 4 is 23.4 Å². The zero-order valence-electron chi connectivity index (χ0n) is 17.1. The molecule has 0 bridgehead atoms. The molecule has 154 valence electrons. The van der Waals surface area contributed by atoms with Gasteiger partial charge in [0.15, 0.2) is 11.5 Å². The van der Waals surface area contributed by atoms with E-state index in [1.807, 2.05) is 32.7 Å². The zero-order valence-corrected chi connectivity index (χ0v) is 17.1. The summed E-state index contributed by atoms with van der Waals surface area (Å²) in [7, 11) is 1.81. The van der Waals surface area contributed by atoms with Gasteiger partial charge in [0.05, 0.1) is 18.1 Å². The lowest BCUT2D eigenvalue weighted by Gasteiger charge is -2.34. The second kappa shape index (κ2) is 8.34. The molecule has 1 saturated heterocycles. The molecule has 0 aliphatic carbocycles. The smallest absolute Gasteiger partial charge is 0.407 e. The largest absolute Gasteiger partial charge is 0.444 e. The molecular weight excluding hydrogens is 372 g/mol. The number of amides is 1. The van der Waals surface area contributed by atoms with Crippen molar-refractivity contribution < 1.29 is 9.53 Å². The number of aryl methyl sites for hydroxylation is 1. The Kier molecular flexibility index (Phi) is 5.87. The molecule has 29 heavy (non-hydrogen) atoms. The minimum absolute atomic E-state index is 0.0502. The van der Waals surface area contributed by atoms with Gasteiger partial charge in [0.2, 0.25) is 0 Å². The Labute approximate surface area is 169 Å². The highest BCUT2D eigenvalue weighted by atomic mass is 16.6. The van der Waals surface area contributed by atoms with Crippen molar-refractivity contribution in [2.24, 2.45) is 7.05 Å². The third-order valence-electron chi connectivity index (χ3n) is 4.30. The maximum atomic E-state index is 12.1. The van der Waals surface area contributed by atoms with Gasteiger partial charge in [0, 0.05) is 32.4 Å². The van der Waals surface area contributed by atoms with Crippen LogP contribution in [0.1, 0.15) is 39.3 Å². The van der Waals surface area contributed by atoms with Gasteiger partial charge in [0.25, 0.3) is 0 Å². The molecule has 3 heterocycles. The fourth-order valence-corrected chi connectivity index (χ4v) is 3.10. The fraction of sp³-hybridized carbons (Fsp3) is 0.526. The summed E-state index contributed by atoms with van der Waals surface area (Å²) in [5.74, 6) is 1.02. The minimum Gasteiger partial charge on any atom is -0.444 e. The summed E-state index contributed by atoms with van der Waals surface area (Å²) < 4.78 is 7.00. The highest BCUT2D eigenvalue weighted by Gasteiger charge is 2.25. The summed E-state index contributed by atoms with van der Waals surface area (Å²) in [6, 6.07) is 2.00. The number of carbonyl (C=O) groups excluding carboxylic acids is 1. The second-order valence-electron chi connectivity index (χ2n) is 8.00. The van der Waals surface area contributed by atoms with E-state index in [4.69, 9.17) is 4.74 Å². The number of nitrogens with zero attached hydrogens (tertiary/aromatic N) is 6. The van der Waals surface area contributed by atoms with Gasteiger partial charge in [0.1, 0.15) is 17.5 Å². The van der Waals surface area contributed by atoms with Gasteiger partial charge >= 0.3 is 6.09 Å². The third kappa shape index (κ3) is 5.57. The Balaban J connectivity index is 1.71. The number of piperidine rings is 1. The van der Waals surface area contributed by atoms with E-state index in [1.165, 1.54) is 0 Å². The molecule has 1 fully saturated rings. The molecule has 0 radical (unpaired) electrons. The molecule has 1 aliphatic heterocycles. The van der Waals surface area contributed by atoms with Crippen molar-refractivity contribution in [3.05, 3.63) is 24.3 Å². The van der Waals surface area contributed by atoms with E-state index in [1.54, 1.807) is 23.3 Å². The number of nitriles is 1. The van der Waals surface area contributed by atoms with Crippen LogP contribution in [0.2, 0.25) is 0 Å². The maximum absolute atomic E-state index is 12.1. The quantitative estimate of drug-likeness (QED) is 0.805. The maximum Gasteiger partial charge on any atom is 0.407 e. The number of carbonyl (C=O) groups is 1. The van der Waals surface area contributed by atoms with E-state index in [-0.39, 0.29) is 11.7 Å². The predicted molar refractivity (Wildman–Crippen MR) is 108 cm³/mol. The lowest BCUT2D eigenvalue weighted by molar-refractivity contribution is 0.0500. The van der Waals surface area contributed by atoms with Crippen LogP contribution in [-0.2, 0) is 11.8 Å². The number of hydrogen-bond acceptors (Lipinski definition) is 8. The van der Waals surface area contributed by atoms with Crippen LogP contribution in [0.25, 0.3) is 0 Å². The first kappa shape index (κ1) is 20.4. The van der Waals surface area contributed by atoms with E-state index < -0.39 is 11.7 Å². The number of aromatic nitrogens is 4. The molecule has 2 aromatic heterocycles. The van der Waals surface area contributed by atoms with Crippen LogP contribution in [0.15, 0.2) is 18.6 Å². The van der Waals surface area contributed by atoms with Gasteiger partial charge < -0.3 is 20.3 Å². The zero-order chi connectivity index (χ0) is 21.0. The molecule has 2 aromatic rings. The van der Waals surface area contributed by atoms with E-state index in [0.29, 0.717) is 18.2 Å². The molecule has 1 aliphatic rings. The first-order valence-electron chi connectivity index (χ1n) is 9.51. The number of hydrogen-bond donors (Lipinski definition) is 2. The molecule has 1 atom stereocenters. The average Bonchev–Trinajstić information content (AvgIpc) is 3.05. The van der Waals surface area contributed by atoms with Crippen molar-refractivity contribution in [3.8, 4) is 6.07 Å². The van der Waals surface area contributed by atoms with E-state index in [0.717, 1.165) is 25.1 Å². The first-order valence-corrected chi connectivity index (χ1v) is 9.51. The molecule has 0 aromatic carbocycles. The molecule has 2 N–H and O–H groups in total. The highest BCUT2D eigenvalue weighted by molar-refractivity contribution is 5.68. The van der Waals surface area contributed by atoms with Crippen LogP contribution in [0, 0.1) is 11.3 Å². The van der Waals surface area contributed by atoms with E-state index >= 15 is 0 Å². The lowest BCUT2D eigenvalue weighted by atomic mass is 10.1. The summed E-state index contributed by atoms with van der Waals surface area (Å²) in [6.45, 7) is 6.89. The van der Waals surface area contributed by atoms with Crippen LogP contribution in [-0.4, -0.2) is 50.6 Å². The molecule has 10 heteroatoms. The molecule has 10 nitrogen and oxygen atoms in total. The van der Waals surface area contributed by atoms with Crippen molar-refractivity contribution in [2.45, 2.75) is 45.3 Å². The summed E-state index contributed by atoms with van der Waals surface area (Å²) >= 11 is 0. The molecule has 3 rings (SSSR count). The van der Waals surface area contributed by atoms with Crippen LogP contribution >= 0.6 is 0 Å². The molecule has 0 spiro atoms. The monoisotopic (exact) mass is 398 g/mol. The average molecular weight is 398 g/mol. The highest BCUT2D eigenvalue weighted by Crippen LogP contribution is 2.23. The number of rotatable bonds is 4. The Morgan fingerprint density at radius 1 is 1.38 bits per heavy atom. The number of anilines is 3. The summed E-state index contributed by atoms with van der Waals surface area (Å²) in [4.78, 5) is 23.0. The SMILES string of the molecule is Cn1cc(Nc2nc(N3CCCC(NC(=O)OC(C)(C)C)C3)cnc2C#N)cn1. The van der Waals surface area contributed by atoms with Gasteiger partial charge in [-0.3, -0.25) is 4.68 Å². The summed E-state index contributed by atoms with van der Waals surface area (Å²) in [5.41, 5.74) is 0.390. The predicted octanol–water partition coefficient (Wildman–Crippen LogP) is 2.32. The van der Waals surface area contributed by atoms with Crippen molar-refractivity contribution in [1.29, 1.82) is 5.26 Å². The van der Waals surface area contributed by atoms with Crippen LogP contribution in [0.3, 0.4) is 0 Å². The van der Waals surface area contributed by atoms with Crippen LogP contribution < -0.4 is 15.5 Å². The van der Waals surface area contributed by atoms with E-state index in [2.05, 4.69) is 31.8 Å². The topological polar surface area (TPSA) is 121 Å². The lowest BCUT2D eigenvalue weighted by Crippen LogP contribution is -2.49. The Bertz CT molecular complexity index is 912. The second-order valence-corrected chi connectivity index (χ2v) is 8.00. The van der Waals surface area contributed by atoms with Crippen molar-refractivity contribution in [2.75, 3.05) is 23.3 Å². The number of nitrogens with one attached hydrogen (secondary N) is 2. The molecular formula is C19H26N8O2. The fourth-order valence-electron chi connectivity index (χ4n) is 3.10. The Morgan fingerprint density at radius 3 is 2.83 bits per heavy atom. The van der Waals surface area contributed by atoms with E-state index in [9.17, 15) is 10.1 Å². The number of ether oxygens (including phenoxy) is 1. The summed E-state index contributed by atoms with van der Waals surface area (Å²) in [6.07, 6.45) is 6.36. The Morgan fingerprint density at radius 2 is 2.17 bits per heavy atom. The normalized spacial score (nSPS) is 16.8. The Hall–Kier alpha value is -3.35. The molecule has 1 amide bonds. The number of alkyl carbamates (subject to hydrolysis) is 1. The standard InChI is InChI=1S/C19H26N8O2/c1-19(2,3)29-18(28)24-13-6-5-7-27(12-13)16-10-21-15(8-20)17(25-16)23-14-9-22-26(4)11-14/h9-11,13H,5-7,12H2,1-4H3,(H,23,25)(H,24,28). The molecule has 0 saturated carbocycles. The van der Waals surface area contributed by atoms with Crippen LogP contribution in [0.4, 0.5) is 22.1 Å². The van der Waals surface area contributed by atoms with Crippen molar-refractivity contribution in [1.82, 2.24) is 25.1 Å². The van der Waals surface area contributed by atoms with Gasteiger partial charge in [-0.15, -0.1) is 0 Å². The minimum atomic E-state index is -0.538. The molecule has 1 unspecified atom stereocenters. The summed E-state index contributed by atoms with van der Waals surface area (Å²) in [5, 5.41) is 19.5. The van der Waals surface area contributed by atoms with Crippen LogP contribution in [0.5, 0.6) is 0 Å². The first-order chi connectivity index (χ1) is 13.7. The van der Waals surface area contributed by atoms with Gasteiger partial charge in [-0.1, -0.05) is 0 Å². The van der Waals surface area contributed by atoms with Gasteiger partial charge in [-0.25, -0.2) is 14.8 Å².